The van der Waals surface area contributed by atoms with Gasteiger partial charge in [-0.25, -0.2) is 21.6 Å². The third kappa shape index (κ3) is 4.39. The van der Waals surface area contributed by atoms with Crippen LogP contribution in [0.5, 0.6) is 0 Å². The van der Waals surface area contributed by atoms with Crippen molar-refractivity contribution in [3.05, 3.63) is 29.8 Å². The van der Waals surface area contributed by atoms with Crippen LogP contribution in [0.25, 0.3) is 0 Å². The molecule has 0 aromatic heterocycles. The van der Waals surface area contributed by atoms with Crippen LogP contribution in [-0.2, 0) is 19.9 Å². The fraction of sp³-hybridized carbons (Fsp3) is 0.562. The first-order chi connectivity index (χ1) is 11.8. The van der Waals surface area contributed by atoms with Crippen molar-refractivity contribution in [1.82, 2.24) is 9.62 Å². The minimum absolute atomic E-state index is 0.0448. The zero-order chi connectivity index (χ0) is 18.1. The Labute approximate surface area is 148 Å². The van der Waals surface area contributed by atoms with Crippen molar-refractivity contribution in [3.8, 4) is 0 Å². The van der Waals surface area contributed by atoms with E-state index in [-0.39, 0.29) is 47.0 Å². The average Bonchev–Trinajstić information content (AvgIpc) is 3.06. The molecule has 0 spiro atoms. The van der Waals surface area contributed by atoms with Crippen molar-refractivity contribution in [1.29, 1.82) is 0 Å². The van der Waals surface area contributed by atoms with E-state index in [4.69, 9.17) is 0 Å². The molecule has 0 atom stereocenters. The van der Waals surface area contributed by atoms with E-state index < -0.39 is 19.9 Å². The molecule has 0 radical (unpaired) electrons. The second-order valence-corrected chi connectivity index (χ2v) is 10.6. The van der Waals surface area contributed by atoms with Crippen LogP contribution in [0.3, 0.4) is 0 Å². The maximum absolute atomic E-state index is 12.6. The molecule has 1 saturated carbocycles. The zero-order valence-electron chi connectivity index (χ0n) is 13.8. The van der Waals surface area contributed by atoms with Crippen molar-refractivity contribution in [3.63, 3.8) is 0 Å². The normalized spacial score (nSPS) is 21.4. The molecule has 7 nitrogen and oxygen atoms in total. The molecule has 2 aliphatic rings. The molecule has 0 bridgehead atoms. The highest BCUT2D eigenvalue weighted by atomic mass is 32.2. The van der Waals surface area contributed by atoms with Gasteiger partial charge in [-0.05, 0) is 31.0 Å². The molecule has 1 aliphatic heterocycles. The lowest BCUT2D eigenvalue weighted by Gasteiger charge is -2.26. The van der Waals surface area contributed by atoms with Gasteiger partial charge in [0, 0.05) is 24.7 Å². The van der Waals surface area contributed by atoms with Crippen LogP contribution in [0.2, 0.25) is 0 Å². The van der Waals surface area contributed by atoms with E-state index in [0.717, 1.165) is 25.7 Å². The molecule has 1 saturated heterocycles. The molecule has 1 N–H and O–H groups in total. The molecule has 1 aromatic carbocycles. The van der Waals surface area contributed by atoms with E-state index >= 15 is 0 Å². The van der Waals surface area contributed by atoms with Crippen LogP contribution in [-0.4, -0.2) is 58.3 Å². The number of hydrogen-bond acceptors (Lipinski definition) is 5. The number of sulfone groups is 1. The van der Waals surface area contributed by atoms with Gasteiger partial charge in [0.25, 0.3) is 5.91 Å². The van der Waals surface area contributed by atoms with Gasteiger partial charge in [0.15, 0.2) is 9.84 Å². The summed E-state index contributed by atoms with van der Waals surface area (Å²) in [4.78, 5) is 14.1. The highest BCUT2D eigenvalue weighted by Gasteiger charge is 2.27. The lowest BCUT2D eigenvalue weighted by atomic mass is 10.2. The molecule has 1 amide bonds. The van der Waals surface area contributed by atoms with Crippen LogP contribution < -0.4 is 4.72 Å². The molecule has 1 heterocycles. The Hall–Kier alpha value is -1.45. The molecule has 0 unspecified atom stereocenters. The Morgan fingerprint density at radius 1 is 1.12 bits per heavy atom. The summed E-state index contributed by atoms with van der Waals surface area (Å²) in [5.74, 6) is -0.451. The van der Waals surface area contributed by atoms with Gasteiger partial charge in [0.1, 0.15) is 0 Å². The Bertz CT molecular complexity index is 844. The van der Waals surface area contributed by atoms with E-state index in [1.165, 1.54) is 23.1 Å². The Kier molecular flexibility index (Phi) is 5.17. The number of nitrogens with zero attached hydrogens (tertiary/aromatic N) is 1. The minimum Gasteiger partial charge on any atom is -0.337 e. The van der Waals surface area contributed by atoms with E-state index in [1.54, 1.807) is 6.07 Å². The maximum atomic E-state index is 12.6. The minimum atomic E-state index is -3.67. The summed E-state index contributed by atoms with van der Waals surface area (Å²) in [7, 11) is -6.74. The number of rotatable bonds is 4. The summed E-state index contributed by atoms with van der Waals surface area (Å²) >= 11 is 0. The summed E-state index contributed by atoms with van der Waals surface area (Å²) in [5, 5.41) is 0. The molecule has 138 valence electrons. The quantitative estimate of drug-likeness (QED) is 0.824. The fourth-order valence-electron chi connectivity index (χ4n) is 3.23. The van der Waals surface area contributed by atoms with Crippen molar-refractivity contribution in [2.45, 2.75) is 36.6 Å². The largest absolute Gasteiger partial charge is 0.337 e. The van der Waals surface area contributed by atoms with E-state index in [2.05, 4.69) is 4.72 Å². The first-order valence-electron chi connectivity index (χ1n) is 8.39. The molecule has 9 heteroatoms. The number of carbonyl (C=O) groups is 1. The first kappa shape index (κ1) is 18.3. The van der Waals surface area contributed by atoms with Gasteiger partial charge in [-0.15, -0.1) is 0 Å². The number of nitrogens with one attached hydrogen (secondary N) is 1. The second-order valence-electron chi connectivity index (χ2n) is 6.57. The van der Waals surface area contributed by atoms with Gasteiger partial charge in [0.2, 0.25) is 10.0 Å². The number of carbonyl (C=O) groups excluding carboxylic acids is 1. The Morgan fingerprint density at radius 2 is 1.76 bits per heavy atom. The molecule has 3 rings (SSSR count). The smallest absolute Gasteiger partial charge is 0.253 e. The van der Waals surface area contributed by atoms with Crippen molar-refractivity contribution in [2.24, 2.45) is 0 Å². The van der Waals surface area contributed by atoms with Gasteiger partial charge in [-0.2, -0.15) is 0 Å². The van der Waals surface area contributed by atoms with Crippen molar-refractivity contribution in [2.75, 3.05) is 24.6 Å². The second kappa shape index (κ2) is 7.05. The predicted molar refractivity (Wildman–Crippen MR) is 93.6 cm³/mol. The topological polar surface area (TPSA) is 101 Å². The van der Waals surface area contributed by atoms with Crippen LogP contribution in [0.15, 0.2) is 29.2 Å². The predicted octanol–water partition coefficient (Wildman–Crippen LogP) is 0.778. The third-order valence-electron chi connectivity index (χ3n) is 4.70. The van der Waals surface area contributed by atoms with E-state index in [9.17, 15) is 21.6 Å². The molecular weight excluding hydrogens is 364 g/mol. The highest BCUT2D eigenvalue weighted by molar-refractivity contribution is 7.91. The molecule has 2 fully saturated rings. The number of sulfonamides is 1. The van der Waals surface area contributed by atoms with Gasteiger partial charge in [-0.3, -0.25) is 4.79 Å². The van der Waals surface area contributed by atoms with Gasteiger partial charge < -0.3 is 4.90 Å². The fourth-order valence-corrected chi connectivity index (χ4v) is 5.78. The molecule has 1 aromatic rings. The monoisotopic (exact) mass is 386 g/mol. The van der Waals surface area contributed by atoms with Gasteiger partial charge in [-0.1, -0.05) is 18.9 Å². The standard InChI is InChI=1S/C16H22N2O5S2/c19-16(18-8-10-24(20,21)11-9-18)13-4-3-7-15(12-13)25(22,23)17-14-5-1-2-6-14/h3-4,7,12,14,17H,1-2,5-6,8-11H2. The summed E-state index contributed by atoms with van der Waals surface area (Å²) in [5.41, 5.74) is 0.258. The summed E-state index contributed by atoms with van der Waals surface area (Å²) in [6.45, 7) is 0.275. The van der Waals surface area contributed by atoms with Crippen LogP contribution in [0, 0.1) is 0 Å². The van der Waals surface area contributed by atoms with Gasteiger partial charge >= 0.3 is 0 Å². The van der Waals surface area contributed by atoms with Crippen molar-refractivity contribution >= 4 is 25.8 Å². The number of benzene rings is 1. The van der Waals surface area contributed by atoms with Crippen LogP contribution in [0.4, 0.5) is 0 Å². The highest BCUT2D eigenvalue weighted by Crippen LogP contribution is 2.21. The van der Waals surface area contributed by atoms with E-state index in [0.29, 0.717) is 0 Å². The average molecular weight is 386 g/mol. The zero-order valence-corrected chi connectivity index (χ0v) is 15.5. The lowest BCUT2D eigenvalue weighted by molar-refractivity contribution is 0.0770. The van der Waals surface area contributed by atoms with Crippen molar-refractivity contribution < 1.29 is 21.6 Å². The Balaban J connectivity index is 1.75. The summed E-state index contributed by atoms with van der Waals surface area (Å²) in [6.07, 6.45) is 3.70. The van der Waals surface area contributed by atoms with Crippen LogP contribution in [0.1, 0.15) is 36.0 Å². The third-order valence-corrected chi connectivity index (χ3v) is 7.83. The molecule has 1 aliphatic carbocycles. The summed E-state index contributed by atoms with van der Waals surface area (Å²) in [6, 6.07) is 5.88. The van der Waals surface area contributed by atoms with E-state index in [1.807, 2.05) is 0 Å². The summed E-state index contributed by atoms with van der Waals surface area (Å²) < 4.78 is 50.7. The molecular formula is C16H22N2O5S2. The van der Waals surface area contributed by atoms with Gasteiger partial charge in [0.05, 0.1) is 16.4 Å². The first-order valence-corrected chi connectivity index (χ1v) is 11.7. The molecule has 25 heavy (non-hydrogen) atoms. The number of amides is 1. The SMILES string of the molecule is O=C(c1cccc(S(=O)(=O)NC2CCCC2)c1)N1CCS(=O)(=O)CC1. The number of hydrogen-bond donors (Lipinski definition) is 1. The lowest BCUT2D eigenvalue weighted by Crippen LogP contribution is -2.43. The maximum Gasteiger partial charge on any atom is 0.253 e. The Morgan fingerprint density at radius 3 is 2.40 bits per heavy atom. The van der Waals surface area contributed by atoms with Crippen LogP contribution >= 0.6 is 0 Å².